The van der Waals surface area contributed by atoms with Gasteiger partial charge >= 0.3 is 12.0 Å². The minimum atomic E-state index is -1.13. The molecule has 2 atom stereocenters. The minimum absolute atomic E-state index is 0.204. The van der Waals surface area contributed by atoms with Crippen molar-refractivity contribution in [2.45, 2.75) is 26.3 Å². The largest absolute Gasteiger partial charge is 0.480 e. The molecule has 0 spiro atoms. The zero-order chi connectivity index (χ0) is 16.0. The zero-order valence-electron chi connectivity index (χ0n) is 11.7. The van der Waals surface area contributed by atoms with Crippen LogP contribution in [0.1, 0.15) is 25.8 Å². The van der Waals surface area contributed by atoms with Gasteiger partial charge < -0.3 is 15.7 Å². The number of amides is 2. The molecule has 0 aromatic heterocycles. The van der Waals surface area contributed by atoms with Crippen LogP contribution in [0, 0.1) is 23.1 Å². The Morgan fingerprint density at radius 2 is 2.14 bits per heavy atom. The van der Waals surface area contributed by atoms with E-state index in [1.807, 2.05) is 6.92 Å². The molecule has 0 bridgehead atoms. The molecule has 0 radical (unpaired) electrons. The maximum absolute atomic E-state index is 13.1. The fourth-order valence-electron chi connectivity index (χ4n) is 1.68. The summed E-state index contributed by atoms with van der Waals surface area (Å²) in [5.41, 5.74) is 0.00301. The number of carbonyl (C=O) groups is 2. The lowest BCUT2D eigenvalue weighted by Gasteiger charge is -2.20. The Morgan fingerprint density at radius 3 is 2.67 bits per heavy atom. The van der Waals surface area contributed by atoms with Crippen LogP contribution in [-0.4, -0.2) is 23.1 Å². The molecular formula is C14H16FN3O3. The zero-order valence-corrected chi connectivity index (χ0v) is 11.7. The molecule has 0 aliphatic rings. The molecule has 1 aromatic rings. The summed E-state index contributed by atoms with van der Waals surface area (Å²) in [5.74, 6) is -2.06. The van der Waals surface area contributed by atoms with E-state index in [-0.39, 0.29) is 17.2 Å². The van der Waals surface area contributed by atoms with E-state index in [2.05, 4.69) is 10.6 Å². The Labute approximate surface area is 121 Å². The smallest absolute Gasteiger partial charge is 0.326 e. The van der Waals surface area contributed by atoms with Gasteiger partial charge in [-0.25, -0.2) is 14.0 Å². The topological polar surface area (TPSA) is 102 Å². The Morgan fingerprint density at radius 1 is 1.48 bits per heavy atom. The van der Waals surface area contributed by atoms with Gasteiger partial charge in [-0.05, 0) is 24.1 Å². The van der Waals surface area contributed by atoms with Crippen LogP contribution < -0.4 is 10.6 Å². The fraction of sp³-hybridized carbons (Fsp3) is 0.357. The van der Waals surface area contributed by atoms with Crippen LogP contribution in [-0.2, 0) is 4.79 Å². The van der Waals surface area contributed by atoms with Crippen molar-refractivity contribution in [3.05, 3.63) is 29.6 Å². The van der Waals surface area contributed by atoms with Crippen molar-refractivity contribution >= 4 is 17.7 Å². The lowest BCUT2D eigenvalue weighted by Crippen LogP contribution is -2.46. The molecule has 21 heavy (non-hydrogen) atoms. The molecule has 0 saturated heterocycles. The molecule has 2 unspecified atom stereocenters. The number of nitriles is 1. The number of carbonyl (C=O) groups excluding carboxylic acids is 1. The van der Waals surface area contributed by atoms with Gasteiger partial charge in [0, 0.05) is 5.69 Å². The molecule has 1 rings (SSSR count). The number of carboxylic acid groups (broad SMARTS) is 1. The van der Waals surface area contributed by atoms with Gasteiger partial charge in [0.25, 0.3) is 0 Å². The summed E-state index contributed by atoms with van der Waals surface area (Å²) >= 11 is 0. The summed E-state index contributed by atoms with van der Waals surface area (Å²) < 4.78 is 13.1. The SMILES string of the molecule is CCC(C)C(NC(=O)Nc1ccc(F)c(C#N)c1)C(=O)O. The van der Waals surface area contributed by atoms with E-state index in [1.54, 1.807) is 13.0 Å². The van der Waals surface area contributed by atoms with E-state index in [9.17, 15) is 14.0 Å². The molecule has 7 heteroatoms. The summed E-state index contributed by atoms with van der Waals surface area (Å²) in [4.78, 5) is 22.9. The molecule has 0 fully saturated rings. The fourth-order valence-corrected chi connectivity index (χ4v) is 1.68. The number of anilines is 1. The van der Waals surface area contributed by atoms with Crippen molar-refractivity contribution in [2.75, 3.05) is 5.32 Å². The predicted octanol–water partition coefficient (Wildman–Crippen LogP) is 2.32. The number of benzene rings is 1. The third-order valence-corrected chi connectivity index (χ3v) is 3.11. The second-order valence-corrected chi connectivity index (χ2v) is 4.61. The standard InChI is InChI=1S/C14H16FN3O3/c1-3-8(2)12(13(19)20)18-14(21)17-10-4-5-11(15)9(6-10)7-16/h4-6,8,12H,3H2,1-2H3,(H,19,20)(H2,17,18,21). The molecule has 6 nitrogen and oxygen atoms in total. The molecule has 1 aromatic carbocycles. The summed E-state index contributed by atoms with van der Waals surface area (Å²) in [6.07, 6.45) is 0.590. The lowest BCUT2D eigenvalue weighted by atomic mass is 9.99. The van der Waals surface area contributed by atoms with Crippen LogP contribution >= 0.6 is 0 Å². The Hall–Kier alpha value is -2.62. The number of rotatable bonds is 5. The highest BCUT2D eigenvalue weighted by Gasteiger charge is 2.25. The number of nitrogens with zero attached hydrogens (tertiary/aromatic N) is 1. The first-order valence-corrected chi connectivity index (χ1v) is 6.39. The molecular weight excluding hydrogens is 277 g/mol. The van der Waals surface area contributed by atoms with Crippen molar-refractivity contribution in [1.82, 2.24) is 5.32 Å². The van der Waals surface area contributed by atoms with Gasteiger partial charge in [-0.3, -0.25) is 0 Å². The number of hydrogen-bond donors (Lipinski definition) is 3. The highest BCUT2D eigenvalue weighted by molar-refractivity contribution is 5.92. The Balaban J connectivity index is 2.77. The number of aliphatic carboxylic acids is 1. The van der Waals surface area contributed by atoms with Crippen LogP contribution in [0.3, 0.4) is 0 Å². The predicted molar refractivity (Wildman–Crippen MR) is 74.1 cm³/mol. The van der Waals surface area contributed by atoms with Gasteiger partial charge in [0.1, 0.15) is 17.9 Å². The highest BCUT2D eigenvalue weighted by atomic mass is 19.1. The molecule has 0 aliphatic heterocycles. The second-order valence-electron chi connectivity index (χ2n) is 4.61. The van der Waals surface area contributed by atoms with Crippen LogP contribution in [0.25, 0.3) is 0 Å². The molecule has 3 N–H and O–H groups in total. The van der Waals surface area contributed by atoms with Gasteiger partial charge in [-0.2, -0.15) is 5.26 Å². The summed E-state index contributed by atoms with van der Waals surface area (Å²) in [6, 6.07) is 3.42. The van der Waals surface area contributed by atoms with Crippen LogP contribution in [0.4, 0.5) is 14.9 Å². The van der Waals surface area contributed by atoms with E-state index in [0.717, 1.165) is 6.07 Å². The first-order chi connectivity index (χ1) is 9.88. The van der Waals surface area contributed by atoms with Gasteiger partial charge in [-0.15, -0.1) is 0 Å². The number of halogens is 1. The average molecular weight is 293 g/mol. The normalized spacial score (nSPS) is 12.9. The maximum Gasteiger partial charge on any atom is 0.326 e. The van der Waals surface area contributed by atoms with E-state index < -0.39 is 23.9 Å². The summed E-state index contributed by atoms with van der Waals surface area (Å²) in [5, 5.41) is 22.5. The second kappa shape index (κ2) is 7.24. The van der Waals surface area contributed by atoms with Crippen molar-refractivity contribution in [2.24, 2.45) is 5.92 Å². The van der Waals surface area contributed by atoms with E-state index in [0.29, 0.717) is 6.42 Å². The third-order valence-electron chi connectivity index (χ3n) is 3.11. The first kappa shape index (κ1) is 16.4. The minimum Gasteiger partial charge on any atom is -0.480 e. The van der Waals surface area contributed by atoms with Gasteiger partial charge in [0.2, 0.25) is 0 Å². The molecule has 0 aliphatic carbocycles. The monoisotopic (exact) mass is 293 g/mol. The summed E-state index contributed by atoms with van der Waals surface area (Å²) in [7, 11) is 0. The number of hydrogen-bond acceptors (Lipinski definition) is 3. The Bertz CT molecular complexity index is 583. The quantitative estimate of drug-likeness (QED) is 0.775. The van der Waals surface area contributed by atoms with Gasteiger partial charge in [-0.1, -0.05) is 20.3 Å². The van der Waals surface area contributed by atoms with Crippen LogP contribution in [0.2, 0.25) is 0 Å². The van der Waals surface area contributed by atoms with Gasteiger partial charge in [0.05, 0.1) is 5.56 Å². The lowest BCUT2D eigenvalue weighted by molar-refractivity contribution is -0.140. The maximum atomic E-state index is 13.1. The van der Waals surface area contributed by atoms with Crippen molar-refractivity contribution in [1.29, 1.82) is 5.26 Å². The summed E-state index contributed by atoms with van der Waals surface area (Å²) in [6.45, 7) is 3.53. The third kappa shape index (κ3) is 4.45. The van der Waals surface area contributed by atoms with E-state index in [4.69, 9.17) is 10.4 Å². The number of carboxylic acids is 1. The highest BCUT2D eigenvalue weighted by Crippen LogP contribution is 2.14. The molecule has 0 heterocycles. The first-order valence-electron chi connectivity index (χ1n) is 6.39. The Kier molecular flexibility index (Phi) is 5.67. The molecule has 112 valence electrons. The van der Waals surface area contributed by atoms with Crippen molar-refractivity contribution in [3.63, 3.8) is 0 Å². The van der Waals surface area contributed by atoms with Crippen molar-refractivity contribution < 1.29 is 19.1 Å². The van der Waals surface area contributed by atoms with Crippen LogP contribution in [0.15, 0.2) is 18.2 Å². The van der Waals surface area contributed by atoms with E-state index >= 15 is 0 Å². The van der Waals surface area contributed by atoms with Gasteiger partial charge in [0.15, 0.2) is 0 Å². The average Bonchev–Trinajstić information content (AvgIpc) is 2.45. The molecule has 0 saturated carbocycles. The van der Waals surface area contributed by atoms with Crippen LogP contribution in [0.5, 0.6) is 0 Å². The number of urea groups is 1. The molecule has 2 amide bonds. The number of nitrogens with one attached hydrogen (secondary N) is 2. The van der Waals surface area contributed by atoms with Crippen molar-refractivity contribution in [3.8, 4) is 6.07 Å². The van der Waals surface area contributed by atoms with E-state index in [1.165, 1.54) is 12.1 Å².